The fourth-order valence-corrected chi connectivity index (χ4v) is 1.15. The largest absolute Gasteiger partial charge is 0.385 e. The van der Waals surface area contributed by atoms with Gasteiger partial charge < -0.3 is 15.6 Å². The summed E-state index contributed by atoms with van der Waals surface area (Å²) in [7, 11) is 0. The van der Waals surface area contributed by atoms with E-state index in [1.165, 1.54) is 0 Å². The van der Waals surface area contributed by atoms with Crippen LogP contribution in [0.15, 0.2) is 17.1 Å². The number of hydrogen-bond donors (Lipinski definition) is 2. The Morgan fingerprint density at radius 2 is 2.46 bits per heavy atom. The van der Waals surface area contributed by atoms with Crippen LogP contribution in [0.3, 0.4) is 0 Å². The molecule has 2 atom stereocenters. The van der Waals surface area contributed by atoms with Gasteiger partial charge in [0.05, 0.1) is 19.3 Å². The maximum Gasteiger partial charge on any atom is 0.134 e. The van der Waals surface area contributed by atoms with Crippen molar-refractivity contribution in [2.75, 3.05) is 13.2 Å². The van der Waals surface area contributed by atoms with E-state index >= 15 is 0 Å². The SMILES string of the molecule is C/C=C/CC1COCC(O)C(N)=N1. The average Bonchev–Trinajstić information content (AvgIpc) is 2.26. The molecule has 74 valence electrons. The third kappa shape index (κ3) is 3.16. The van der Waals surface area contributed by atoms with Gasteiger partial charge in [-0.1, -0.05) is 12.2 Å². The molecule has 0 aromatic heterocycles. The van der Waals surface area contributed by atoms with Crippen LogP contribution in [-0.2, 0) is 4.74 Å². The Kier molecular flexibility index (Phi) is 3.92. The number of hydrogen-bond acceptors (Lipinski definition) is 4. The quantitative estimate of drug-likeness (QED) is 0.597. The van der Waals surface area contributed by atoms with Gasteiger partial charge in [0.2, 0.25) is 0 Å². The Morgan fingerprint density at radius 1 is 1.69 bits per heavy atom. The smallest absolute Gasteiger partial charge is 0.134 e. The Bertz CT molecular complexity index is 214. The normalized spacial score (nSPS) is 30.2. The van der Waals surface area contributed by atoms with Crippen LogP contribution in [0.2, 0.25) is 0 Å². The van der Waals surface area contributed by atoms with Crippen molar-refractivity contribution in [3.8, 4) is 0 Å². The van der Waals surface area contributed by atoms with Crippen molar-refractivity contribution in [2.45, 2.75) is 25.5 Å². The monoisotopic (exact) mass is 184 g/mol. The fourth-order valence-electron chi connectivity index (χ4n) is 1.15. The number of nitrogens with zero attached hydrogens (tertiary/aromatic N) is 1. The third-order valence-electron chi connectivity index (χ3n) is 1.90. The second-order valence-electron chi connectivity index (χ2n) is 3.07. The van der Waals surface area contributed by atoms with Crippen molar-refractivity contribution >= 4 is 5.84 Å². The second-order valence-corrected chi connectivity index (χ2v) is 3.07. The molecule has 0 fully saturated rings. The van der Waals surface area contributed by atoms with Crippen molar-refractivity contribution in [2.24, 2.45) is 10.7 Å². The van der Waals surface area contributed by atoms with Crippen LogP contribution in [0.5, 0.6) is 0 Å². The topological polar surface area (TPSA) is 67.8 Å². The van der Waals surface area contributed by atoms with E-state index in [9.17, 15) is 5.11 Å². The van der Waals surface area contributed by atoms with Gasteiger partial charge in [-0.05, 0) is 13.3 Å². The van der Waals surface area contributed by atoms with Crippen LogP contribution in [0.1, 0.15) is 13.3 Å². The first-order valence-corrected chi connectivity index (χ1v) is 4.44. The van der Waals surface area contributed by atoms with Crippen LogP contribution in [0.4, 0.5) is 0 Å². The number of allylic oxidation sites excluding steroid dienone is 1. The van der Waals surface area contributed by atoms with Crippen LogP contribution in [0, 0.1) is 0 Å². The van der Waals surface area contributed by atoms with Gasteiger partial charge in [-0.3, -0.25) is 4.99 Å². The zero-order valence-corrected chi connectivity index (χ0v) is 7.81. The minimum absolute atomic E-state index is 0.0494. The Morgan fingerprint density at radius 3 is 3.15 bits per heavy atom. The first kappa shape index (κ1) is 10.2. The van der Waals surface area contributed by atoms with Gasteiger partial charge in [0.1, 0.15) is 11.9 Å². The molecule has 2 unspecified atom stereocenters. The van der Waals surface area contributed by atoms with E-state index in [0.717, 1.165) is 6.42 Å². The van der Waals surface area contributed by atoms with Crippen LogP contribution in [-0.4, -0.2) is 36.3 Å². The highest BCUT2D eigenvalue weighted by molar-refractivity contribution is 5.85. The van der Waals surface area contributed by atoms with Gasteiger partial charge in [-0.15, -0.1) is 0 Å². The van der Waals surface area contributed by atoms with Crippen molar-refractivity contribution in [1.82, 2.24) is 0 Å². The second kappa shape index (κ2) is 4.99. The Hall–Kier alpha value is -0.870. The van der Waals surface area contributed by atoms with E-state index < -0.39 is 6.10 Å². The summed E-state index contributed by atoms with van der Waals surface area (Å²) in [5.74, 6) is 0.284. The minimum atomic E-state index is -0.740. The zero-order valence-electron chi connectivity index (χ0n) is 7.81. The lowest BCUT2D eigenvalue weighted by molar-refractivity contribution is 0.0687. The number of rotatable bonds is 2. The molecule has 0 aromatic carbocycles. The Labute approximate surface area is 78.1 Å². The molecule has 1 heterocycles. The number of amidine groups is 1. The molecule has 1 rings (SSSR count). The summed E-state index contributed by atoms with van der Waals surface area (Å²) in [6.07, 6.45) is 4.05. The number of nitrogens with two attached hydrogens (primary N) is 1. The lowest BCUT2D eigenvalue weighted by Gasteiger charge is -2.06. The number of aliphatic hydroxyl groups excluding tert-OH is 1. The van der Waals surface area contributed by atoms with Gasteiger partial charge in [0, 0.05) is 0 Å². The van der Waals surface area contributed by atoms with E-state index in [1.807, 2.05) is 19.1 Å². The molecule has 13 heavy (non-hydrogen) atoms. The summed E-state index contributed by atoms with van der Waals surface area (Å²) >= 11 is 0. The summed E-state index contributed by atoms with van der Waals surface area (Å²) < 4.78 is 5.21. The molecular weight excluding hydrogens is 168 g/mol. The molecule has 0 saturated heterocycles. The number of ether oxygens (including phenoxy) is 1. The molecule has 1 aliphatic heterocycles. The molecular formula is C9H16N2O2. The van der Waals surface area contributed by atoms with Gasteiger partial charge in [-0.25, -0.2) is 0 Å². The van der Waals surface area contributed by atoms with Gasteiger partial charge in [0.25, 0.3) is 0 Å². The molecule has 4 heteroatoms. The number of aliphatic imine (C=N–C) groups is 1. The molecule has 0 spiro atoms. The molecule has 0 saturated carbocycles. The van der Waals surface area contributed by atoms with E-state index in [2.05, 4.69) is 4.99 Å². The van der Waals surface area contributed by atoms with E-state index in [4.69, 9.17) is 10.5 Å². The Balaban J connectivity index is 2.55. The average molecular weight is 184 g/mol. The van der Waals surface area contributed by atoms with Crippen molar-refractivity contribution in [3.63, 3.8) is 0 Å². The van der Waals surface area contributed by atoms with Gasteiger partial charge >= 0.3 is 0 Å². The first-order chi connectivity index (χ1) is 6.24. The van der Waals surface area contributed by atoms with Crippen molar-refractivity contribution in [3.05, 3.63) is 12.2 Å². The highest BCUT2D eigenvalue weighted by atomic mass is 16.5. The first-order valence-electron chi connectivity index (χ1n) is 4.44. The summed E-state index contributed by atoms with van der Waals surface area (Å²) in [6.45, 7) is 2.74. The molecule has 0 radical (unpaired) electrons. The number of aliphatic hydroxyl groups is 1. The highest BCUT2D eigenvalue weighted by Crippen LogP contribution is 2.05. The predicted octanol–water partition coefficient (Wildman–Crippen LogP) is 0.0695. The maximum absolute atomic E-state index is 9.30. The molecule has 4 nitrogen and oxygen atoms in total. The van der Waals surface area contributed by atoms with E-state index in [0.29, 0.717) is 6.61 Å². The lowest BCUT2D eigenvalue weighted by Crippen LogP contribution is -2.31. The summed E-state index contributed by atoms with van der Waals surface area (Å²) in [5.41, 5.74) is 5.54. The summed E-state index contributed by atoms with van der Waals surface area (Å²) in [5, 5.41) is 9.30. The minimum Gasteiger partial charge on any atom is -0.385 e. The van der Waals surface area contributed by atoms with Crippen molar-refractivity contribution in [1.29, 1.82) is 0 Å². The van der Waals surface area contributed by atoms with Crippen LogP contribution in [0.25, 0.3) is 0 Å². The molecule has 0 amide bonds. The van der Waals surface area contributed by atoms with E-state index in [-0.39, 0.29) is 18.5 Å². The van der Waals surface area contributed by atoms with Crippen molar-refractivity contribution < 1.29 is 9.84 Å². The predicted molar refractivity (Wildman–Crippen MR) is 51.7 cm³/mol. The standard InChI is InChI=1S/C9H16N2O2/c1-2-3-4-7-5-13-6-8(12)9(10)11-7/h2-3,7-8,12H,4-6H2,1H3,(H2,10,11)/b3-2+. The summed E-state index contributed by atoms with van der Waals surface area (Å²) in [4.78, 5) is 4.16. The molecule has 3 N–H and O–H groups in total. The zero-order chi connectivity index (χ0) is 9.68. The van der Waals surface area contributed by atoms with Crippen LogP contribution >= 0.6 is 0 Å². The van der Waals surface area contributed by atoms with Gasteiger partial charge in [-0.2, -0.15) is 0 Å². The van der Waals surface area contributed by atoms with E-state index in [1.54, 1.807) is 0 Å². The fraction of sp³-hybridized carbons (Fsp3) is 0.667. The molecule has 0 aromatic rings. The molecule has 1 aliphatic rings. The lowest BCUT2D eigenvalue weighted by atomic mass is 10.2. The van der Waals surface area contributed by atoms with Crippen LogP contribution < -0.4 is 5.73 Å². The maximum atomic E-state index is 9.30. The molecule has 0 bridgehead atoms. The highest BCUT2D eigenvalue weighted by Gasteiger charge is 2.17. The molecule has 0 aliphatic carbocycles. The van der Waals surface area contributed by atoms with Gasteiger partial charge in [0.15, 0.2) is 0 Å². The summed E-state index contributed by atoms with van der Waals surface area (Å²) in [6, 6.07) is 0.0494. The third-order valence-corrected chi connectivity index (χ3v) is 1.90.